The number of carbonyl (C=O) groups excluding carboxylic acids is 1. The fraction of sp³-hybridized carbons (Fsp3) is 0.188. The Morgan fingerprint density at radius 3 is 2.42 bits per heavy atom. The quantitative estimate of drug-likeness (QED) is 0.469. The summed E-state index contributed by atoms with van der Waals surface area (Å²) in [6.07, 6.45) is -0.738. The van der Waals surface area contributed by atoms with Crippen molar-refractivity contribution in [2.24, 2.45) is 0 Å². The summed E-state index contributed by atoms with van der Waals surface area (Å²) >= 11 is 0. The highest BCUT2D eigenvalue weighted by Gasteiger charge is 2.19. The Hall–Kier alpha value is -3.29. The predicted molar refractivity (Wildman–Crippen MR) is 84.8 cm³/mol. The fourth-order valence-corrected chi connectivity index (χ4v) is 2.12. The van der Waals surface area contributed by atoms with Crippen LogP contribution in [-0.4, -0.2) is 15.8 Å². The molecule has 8 nitrogen and oxygen atoms in total. The van der Waals surface area contributed by atoms with Gasteiger partial charge in [0, 0.05) is 23.8 Å². The summed E-state index contributed by atoms with van der Waals surface area (Å²) < 4.78 is 5.25. The number of benzene rings is 2. The van der Waals surface area contributed by atoms with Crippen LogP contribution in [0.4, 0.5) is 11.4 Å². The molecule has 0 unspecified atom stereocenters. The lowest BCUT2D eigenvalue weighted by Crippen LogP contribution is -2.10. The molecule has 0 heterocycles. The molecule has 8 heteroatoms. The van der Waals surface area contributed by atoms with Crippen molar-refractivity contribution in [2.45, 2.75) is 20.0 Å². The van der Waals surface area contributed by atoms with Crippen molar-refractivity contribution >= 4 is 17.3 Å². The molecule has 0 aliphatic carbocycles. The van der Waals surface area contributed by atoms with Gasteiger partial charge >= 0.3 is 5.97 Å². The van der Waals surface area contributed by atoms with Crippen LogP contribution < -0.4 is 0 Å². The number of nitro benzene ring substituents is 2. The molecule has 0 bridgehead atoms. The highest BCUT2D eigenvalue weighted by Crippen LogP contribution is 2.24. The maximum absolute atomic E-state index is 12.2. The number of non-ortho nitro benzene ring substituents is 1. The van der Waals surface area contributed by atoms with Crippen LogP contribution >= 0.6 is 0 Å². The minimum atomic E-state index is -0.739. The summed E-state index contributed by atoms with van der Waals surface area (Å²) in [7, 11) is 0. The maximum atomic E-state index is 12.2. The molecule has 0 aromatic heterocycles. The number of aryl methyl sites for hydroxylation is 1. The Bertz CT molecular complexity index is 818. The number of nitrogens with zero attached hydrogens (tertiary/aromatic N) is 2. The van der Waals surface area contributed by atoms with E-state index in [1.54, 1.807) is 19.9 Å². The highest BCUT2D eigenvalue weighted by molar-refractivity contribution is 5.90. The number of nitro groups is 2. The summed E-state index contributed by atoms with van der Waals surface area (Å²) in [5.41, 5.74) is 0.654. The first kappa shape index (κ1) is 17.1. The first-order valence-corrected chi connectivity index (χ1v) is 7.00. The van der Waals surface area contributed by atoms with E-state index in [0.29, 0.717) is 11.1 Å². The smallest absolute Gasteiger partial charge is 0.338 e. The first-order valence-electron chi connectivity index (χ1n) is 7.00. The third kappa shape index (κ3) is 3.72. The van der Waals surface area contributed by atoms with Gasteiger partial charge in [-0.2, -0.15) is 0 Å². The standard InChI is InChI=1S/C16H14N2O6/c1-10-6-7-13(9-15(10)18(22)23)16(19)24-11(2)12-4-3-5-14(8-12)17(20)21/h3-9,11H,1-2H3/t11-/m0/s1. The Labute approximate surface area is 137 Å². The molecule has 0 N–H and O–H groups in total. The van der Waals surface area contributed by atoms with Crippen molar-refractivity contribution in [3.8, 4) is 0 Å². The van der Waals surface area contributed by atoms with E-state index < -0.39 is 21.9 Å². The van der Waals surface area contributed by atoms with Crippen LogP contribution in [0.3, 0.4) is 0 Å². The van der Waals surface area contributed by atoms with E-state index in [2.05, 4.69) is 0 Å². The van der Waals surface area contributed by atoms with Crippen LogP contribution in [0, 0.1) is 27.2 Å². The molecule has 1 atom stereocenters. The van der Waals surface area contributed by atoms with E-state index in [0.717, 1.165) is 6.07 Å². The number of hydrogen-bond acceptors (Lipinski definition) is 6. The van der Waals surface area contributed by atoms with Crippen molar-refractivity contribution in [3.05, 3.63) is 79.4 Å². The molecule has 124 valence electrons. The largest absolute Gasteiger partial charge is 0.454 e. The zero-order valence-corrected chi connectivity index (χ0v) is 13.0. The monoisotopic (exact) mass is 330 g/mol. The summed E-state index contributed by atoms with van der Waals surface area (Å²) in [6.45, 7) is 3.14. The first-order chi connectivity index (χ1) is 11.3. The van der Waals surface area contributed by atoms with E-state index in [9.17, 15) is 25.0 Å². The molecule has 0 spiro atoms. The van der Waals surface area contributed by atoms with Gasteiger partial charge in [0.1, 0.15) is 6.10 Å². The van der Waals surface area contributed by atoms with Gasteiger partial charge in [-0.3, -0.25) is 20.2 Å². The zero-order chi connectivity index (χ0) is 17.9. The number of carbonyl (C=O) groups is 1. The molecular weight excluding hydrogens is 316 g/mol. The lowest BCUT2D eigenvalue weighted by Gasteiger charge is -2.13. The number of esters is 1. The third-order valence-electron chi connectivity index (χ3n) is 3.48. The fourth-order valence-electron chi connectivity index (χ4n) is 2.12. The second kappa shape index (κ2) is 6.86. The van der Waals surface area contributed by atoms with Gasteiger partial charge in [0.2, 0.25) is 0 Å². The predicted octanol–water partition coefficient (Wildman–Crippen LogP) is 3.73. The lowest BCUT2D eigenvalue weighted by molar-refractivity contribution is -0.385. The summed E-state index contributed by atoms with van der Waals surface area (Å²) in [5.74, 6) is -0.739. The average molecular weight is 330 g/mol. The van der Waals surface area contributed by atoms with Crippen LogP contribution in [0.15, 0.2) is 42.5 Å². The summed E-state index contributed by atoms with van der Waals surface area (Å²) in [4.78, 5) is 32.8. The minimum Gasteiger partial charge on any atom is -0.454 e. The van der Waals surface area contributed by atoms with Crippen LogP contribution in [0.5, 0.6) is 0 Å². The topological polar surface area (TPSA) is 113 Å². The highest BCUT2D eigenvalue weighted by atomic mass is 16.6. The van der Waals surface area contributed by atoms with Gasteiger partial charge in [-0.1, -0.05) is 18.2 Å². The third-order valence-corrected chi connectivity index (χ3v) is 3.48. The maximum Gasteiger partial charge on any atom is 0.338 e. The van der Waals surface area contributed by atoms with Crippen LogP contribution in [0.25, 0.3) is 0 Å². The minimum absolute atomic E-state index is 0.0459. The van der Waals surface area contributed by atoms with Gasteiger partial charge in [-0.05, 0) is 25.5 Å². The second-order valence-electron chi connectivity index (χ2n) is 5.16. The van der Waals surface area contributed by atoms with E-state index in [1.165, 1.54) is 30.3 Å². The number of rotatable bonds is 5. The van der Waals surface area contributed by atoms with E-state index in [1.807, 2.05) is 0 Å². The average Bonchev–Trinajstić information content (AvgIpc) is 2.54. The van der Waals surface area contributed by atoms with E-state index in [-0.39, 0.29) is 16.9 Å². The van der Waals surface area contributed by atoms with Crippen molar-refractivity contribution in [1.82, 2.24) is 0 Å². The molecule has 0 radical (unpaired) electrons. The molecule has 0 aliphatic heterocycles. The molecule has 0 amide bonds. The van der Waals surface area contributed by atoms with Crippen LogP contribution in [0.2, 0.25) is 0 Å². The molecule has 2 aromatic carbocycles. The van der Waals surface area contributed by atoms with Gasteiger partial charge in [-0.25, -0.2) is 4.79 Å². The van der Waals surface area contributed by atoms with Gasteiger partial charge in [-0.15, -0.1) is 0 Å². The zero-order valence-electron chi connectivity index (χ0n) is 13.0. The Balaban J connectivity index is 2.20. The molecular formula is C16H14N2O6. The molecule has 0 saturated heterocycles. The van der Waals surface area contributed by atoms with E-state index >= 15 is 0 Å². The Morgan fingerprint density at radius 1 is 1.08 bits per heavy atom. The van der Waals surface area contributed by atoms with Crippen LogP contribution in [-0.2, 0) is 4.74 Å². The van der Waals surface area contributed by atoms with Gasteiger partial charge in [0.25, 0.3) is 11.4 Å². The van der Waals surface area contributed by atoms with Crippen LogP contribution in [0.1, 0.15) is 34.5 Å². The van der Waals surface area contributed by atoms with Crippen molar-refractivity contribution in [2.75, 3.05) is 0 Å². The molecule has 0 fully saturated rings. The SMILES string of the molecule is Cc1ccc(C(=O)O[C@@H](C)c2cccc([N+](=O)[O-])c2)cc1[N+](=O)[O-]. The Morgan fingerprint density at radius 2 is 1.79 bits per heavy atom. The molecule has 0 saturated carbocycles. The number of ether oxygens (including phenoxy) is 1. The normalized spacial score (nSPS) is 11.6. The van der Waals surface area contributed by atoms with E-state index in [4.69, 9.17) is 4.74 Å². The Kier molecular flexibility index (Phi) is 4.88. The number of hydrogen-bond donors (Lipinski definition) is 0. The van der Waals surface area contributed by atoms with Crippen molar-refractivity contribution < 1.29 is 19.4 Å². The van der Waals surface area contributed by atoms with Gasteiger partial charge < -0.3 is 4.74 Å². The lowest BCUT2D eigenvalue weighted by atomic mass is 10.1. The summed E-state index contributed by atoms with van der Waals surface area (Å²) in [6, 6.07) is 9.80. The molecule has 24 heavy (non-hydrogen) atoms. The molecule has 2 rings (SSSR count). The molecule has 2 aromatic rings. The van der Waals surface area contributed by atoms with Gasteiger partial charge in [0.05, 0.1) is 15.4 Å². The van der Waals surface area contributed by atoms with Crippen molar-refractivity contribution in [3.63, 3.8) is 0 Å². The van der Waals surface area contributed by atoms with Crippen molar-refractivity contribution in [1.29, 1.82) is 0 Å². The summed E-state index contributed by atoms with van der Waals surface area (Å²) in [5, 5.41) is 21.7. The molecule has 0 aliphatic rings. The second-order valence-corrected chi connectivity index (χ2v) is 5.16. The van der Waals surface area contributed by atoms with Gasteiger partial charge in [0.15, 0.2) is 0 Å².